The number of pyridine rings is 1. The third kappa shape index (κ3) is 6.09. The number of nitrogens with zero attached hydrogens (tertiary/aromatic N) is 3. The van der Waals surface area contributed by atoms with Crippen molar-refractivity contribution in [3.05, 3.63) is 58.4 Å². The van der Waals surface area contributed by atoms with Crippen LogP contribution in [0.4, 0.5) is 0 Å². The molecule has 2 heterocycles. The summed E-state index contributed by atoms with van der Waals surface area (Å²) in [5.74, 6) is 0.729. The second-order valence-corrected chi connectivity index (χ2v) is 7.37. The van der Waals surface area contributed by atoms with E-state index in [0.29, 0.717) is 5.75 Å². The number of hydrogen-bond acceptors (Lipinski definition) is 4. The Morgan fingerprint density at radius 1 is 1.11 bits per heavy atom. The Bertz CT molecular complexity index is 755. The molecule has 2 aromatic rings. The molecule has 0 radical (unpaired) electrons. The molecule has 1 fully saturated rings. The lowest BCUT2D eigenvalue weighted by Gasteiger charge is -2.34. The van der Waals surface area contributed by atoms with Gasteiger partial charge in [-0.3, -0.25) is 14.7 Å². The SMILES string of the molecule is Cc1cc(OCC(=O)N2CCN(CCc3ccncc3)CC2)cc(C)c1Cl.Cl. The van der Waals surface area contributed by atoms with Gasteiger partial charge in [-0.25, -0.2) is 0 Å². The summed E-state index contributed by atoms with van der Waals surface area (Å²) in [6, 6.07) is 7.86. The maximum atomic E-state index is 12.4. The highest BCUT2D eigenvalue weighted by Gasteiger charge is 2.21. The first kappa shape index (κ1) is 22.5. The van der Waals surface area contributed by atoms with Crippen LogP contribution < -0.4 is 4.74 Å². The smallest absolute Gasteiger partial charge is 0.260 e. The predicted molar refractivity (Wildman–Crippen MR) is 115 cm³/mol. The van der Waals surface area contributed by atoms with E-state index >= 15 is 0 Å². The average Bonchev–Trinajstić information content (AvgIpc) is 2.69. The van der Waals surface area contributed by atoms with Gasteiger partial charge in [0.05, 0.1) is 0 Å². The van der Waals surface area contributed by atoms with Gasteiger partial charge >= 0.3 is 0 Å². The number of carbonyl (C=O) groups excluding carboxylic acids is 1. The van der Waals surface area contributed by atoms with Crippen molar-refractivity contribution in [1.29, 1.82) is 0 Å². The van der Waals surface area contributed by atoms with E-state index in [-0.39, 0.29) is 24.9 Å². The minimum atomic E-state index is 0. The zero-order valence-corrected chi connectivity index (χ0v) is 17.9. The zero-order valence-electron chi connectivity index (χ0n) is 16.4. The van der Waals surface area contributed by atoms with Crippen molar-refractivity contribution >= 4 is 29.9 Å². The minimum absolute atomic E-state index is 0. The molecule has 1 aliphatic heterocycles. The molecule has 1 amide bonds. The number of aromatic nitrogens is 1. The van der Waals surface area contributed by atoms with Gasteiger partial charge < -0.3 is 9.64 Å². The number of halogens is 2. The summed E-state index contributed by atoms with van der Waals surface area (Å²) in [5.41, 5.74) is 3.22. The van der Waals surface area contributed by atoms with E-state index in [1.165, 1.54) is 5.56 Å². The first-order valence-corrected chi connectivity index (χ1v) is 9.69. The van der Waals surface area contributed by atoms with Crippen LogP contribution in [-0.4, -0.2) is 60.0 Å². The van der Waals surface area contributed by atoms with E-state index in [1.807, 2.05) is 43.3 Å². The molecule has 7 heteroatoms. The molecule has 0 aliphatic carbocycles. The van der Waals surface area contributed by atoms with Crippen molar-refractivity contribution < 1.29 is 9.53 Å². The van der Waals surface area contributed by atoms with Crippen LogP contribution in [0, 0.1) is 13.8 Å². The molecule has 0 spiro atoms. The maximum Gasteiger partial charge on any atom is 0.260 e. The molecule has 1 aliphatic rings. The van der Waals surface area contributed by atoms with E-state index < -0.39 is 0 Å². The Kier molecular flexibility index (Phi) is 8.55. The number of aryl methyl sites for hydroxylation is 2. The summed E-state index contributed by atoms with van der Waals surface area (Å²) < 4.78 is 5.70. The van der Waals surface area contributed by atoms with Gasteiger partial charge in [-0.2, -0.15) is 0 Å². The second-order valence-electron chi connectivity index (χ2n) is 6.99. The van der Waals surface area contributed by atoms with Crippen LogP contribution in [-0.2, 0) is 11.2 Å². The van der Waals surface area contributed by atoms with Gasteiger partial charge in [0, 0.05) is 50.1 Å². The topological polar surface area (TPSA) is 45.7 Å². The lowest BCUT2D eigenvalue weighted by Crippen LogP contribution is -2.50. The Morgan fingerprint density at radius 2 is 1.71 bits per heavy atom. The Balaban J connectivity index is 0.00000280. The fraction of sp³-hybridized carbons (Fsp3) is 0.429. The van der Waals surface area contributed by atoms with E-state index in [2.05, 4.69) is 22.0 Å². The summed E-state index contributed by atoms with van der Waals surface area (Å²) in [6.45, 7) is 8.24. The average molecular weight is 424 g/mol. The Morgan fingerprint density at radius 3 is 2.32 bits per heavy atom. The summed E-state index contributed by atoms with van der Waals surface area (Å²) >= 11 is 6.17. The molecular formula is C21H27Cl2N3O2. The van der Waals surface area contributed by atoms with Crippen LogP contribution >= 0.6 is 24.0 Å². The maximum absolute atomic E-state index is 12.4. The lowest BCUT2D eigenvalue weighted by molar-refractivity contribution is -0.135. The number of hydrogen-bond donors (Lipinski definition) is 0. The third-order valence-electron chi connectivity index (χ3n) is 4.96. The normalized spacial score (nSPS) is 14.5. The lowest BCUT2D eigenvalue weighted by atomic mass is 10.1. The quantitative estimate of drug-likeness (QED) is 0.712. The zero-order chi connectivity index (χ0) is 19.2. The second kappa shape index (κ2) is 10.6. The van der Waals surface area contributed by atoms with E-state index in [4.69, 9.17) is 16.3 Å². The molecule has 5 nitrogen and oxygen atoms in total. The highest BCUT2D eigenvalue weighted by molar-refractivity contribution is 6.32. The predicted octanol–water partition coefficient (Wildman–Crippen LogP) is 3.54. The van der Waals surface area contributed by atoms with E-state index in [0.717, 1.165) is 55.3 Å². The number of carbonyl (C=O) groups is 1. The molecule has 1 aromatic heterocycles. The number of benzene rings is 1. The first-order valence-electron chi connectivity index (χ1n) is 9.31. The molecule has 0 N–H and O–H groups in total. The number of ether oxygens (including phenoxy) is 1. The fourth-order valence-electron chi connectivity index (χ4n) is 3.28. The van der Waals surface area contributed by atoms with Crippen molar-refractivity contribution in [3.8, 4) is 5.75 Å². The van der Waals surface area contributed by atoms with Gasteiger partial charge in [-0.05, 0) is 61.2 Å². The molecule has 0 bridgehead atoms. The molecule has 1 saturated heterocycles. The van der Waals surface area contributed by atoms with Crippen molar-refractivity contribution in [1.82, 2.24) is 14.8 Å². The van der Waals surface area contributed by atoms with Crippen LogP contribution in [0.2, 0.25) is 5.02 Å². The van der Waals surface area contributed by atoms with Crippen molar-refractivity contribution in [3.63, 3.8) is 0 Å². The molecular weight excluding hydrogens is 397 g/mol. The summed E-state index contributed by atoms with van der Waals surface area (Å²) in [4.78, 5) is 20.8. The first-order chi connectivity index (χ1) is 13.0. The highest BCUT2D eigenvalue weighted by Crippen LogP contribution is 2.25. The van der Waals surface area contributed by atoms with Gasteiger partial charge in [0.2, 0.25) is 0 Å². The number of piperazine rings is 1. The van der Waals surface area contributed by atoms with Crippen LogP contribution in [0.15, 0.2) is 36.7 Å². The molecule has 28 heavy (non-hydrogen) atoms. The number of amides is 1. The summed E-state index contributed by atoms with van der Waals surface area (Å²) in [6.07, 6.45) is 4.67. The molecule has 1 aromatic carbocycles. The summed E-state index contributed by atoms with van der Waals surface area (Å²) in [7, 11) is 0. The summed E-state index contributed by atoms with van der Waals surface area (Å²) in [5, 5.41) is 0.747. The standard InChI is InChI=1S/C21H26ClN3O2.ClH/c1-16-13-19(14-17(2)21(16)22)27-15-20(26)25-11-9-24(10-12-25)8-5-18-3-6-23-7-4-18;/h3-4,6-7,13-14H,5,8-12,15H2,1-2H3;1H. The monoisotopic (exact) mass is 423 g/mol. The largest absolute Gasteiger partial charge is 0.484 e. The Labute approximate surface area is 178 Å². The molecule has 0 atom stereocenters. The van der Waals surface area contributed by atoms with Crippen LogP contribution in [0.25, 0.3) is 0 Å². The molecule has 0 saturated carbocycles. The van der Waals surface area contributed by atoms with Gasteiger partial charge in [0.25, 0.3) is 5.91 Å². The van der Waals surface area contributed by atoms with Crippen molar-refractivity contribution in [2.75, 3.05) is 39.3 Å². The minimum Gasteiger partial charge on any atom is -0.484 e. The van der Waals surface area contributed by atoms with Crippen LogP contribution in [0.1, 0.15) is 16.7 Å². The van der Waals surface area contributed by atoms with Crippen molar-refractivity contribution in [2.45, 2.75) is 20.3 Å². The number of rotatable bonds is 6. The van der Waals surface area contributed by atoms with Gasteiger partial charge in [-0.1, -0.05) is 11.6 Å². The van der Waals surface area contributed by atoms with Gasteiger partial charge in [0.1, 0.15) is 5.75 Å². The fourth-order valence-corrected chi connectivity index (χ4v) is 3.39. The highest BCUT2D eigenvalue weighted by atomic mass is 35.5. The van der Waals surface area contributed by atoms with E-state index in [9.17, 15) is 4.79 Å². The van der Waals surface area contributed by atoms with Crippen molar-refractivity contribution in [2.24, 2.45) is 0 Å². The van der Waals surface area contributed by atoms with Gasteiger partial charge in [0.15, 0.2) is 6.61 Å². The third-order valence-corrected chi connectivity index (χ3v) is 5.56. The molecule has 152 valence electrons. The molecule has 0 unspecified atom stereocenters. The van der Waals surface area contributed by atoms with Gasteiger partial charge in [-0.15, -0.1) is 12.4 Å². The van der Waals surface area contributed by atoms with Crippen LogP contribution in [0.5, 0.6) is 5.75 Å². The molecule has 3 rings (SSSR count). The van der Waals surface area contributed by atoms with Crippen LogP contribution in [0.3, 0.4) is 0 Å². The van der Waals surface area contributed by atoms with E-state index in [1.54, 1.807) is 0 Å². The Hall–Kier alpha value is -1.82.